The summed E-state index contributed by atoms with van der Waals surface area (Å²) in [6.07, 6.45) is 12.3. The molecule has 12 heteroatoms. The van der Waals surface area contributed by atoms with Crippen LogP contribution >= 0.6 is 11.6 Å². The number of halogens is 1. The van der Waals surface area contributed by atoms with Crippen molar-refractivity contribution < 1.29 is 42.9 Å². The van der Waals surface area contributed by atoms with Gasteiger partial charge in [0.15, 0.2) is 5.92 Å². The minimum atomic E-state index is -1.04. The van der Waals surface area contributed by atoms with E-state index in [-0.39, 0.29) is 23.9 Å². The zero-order valence-electron chi connectivity index (χ0n) is 30.6. The molecule has 3 rings (SSSR count). The third kappa shape index (κ3) is 16.5. The van der Waals surface area contributed by atoms with Crippen LogP contribution in [0.3, 0.4) is 0 Å². The first-order valence-electron chi connectivity index (χ1n) is 18.1. The van der Waals surface area contributed by atoms with Gasteiger partial charge in [0.1, 0.15) is 17.2 Å². The quantitative estimate of drug-likeness (QED) is 0.0219. The Labute approximate surface area is 316 Å². The van der Waals surface area contributed by atoms with Crippen LogP contribution in [0.25, 0.3) is 0 Å². The van der Waals surface area contributed by atoms with E-state index in [2.05, 4.69) is 23.7 Å². The molecule has 0 saturated carbocycles. The van der Waals surface area contributed by atoms with Crippen molar-refractivity contribution in [3.8, 4) is 17.2 Å². The summed E-state index contributed by atoms with van der Waals surface area (Å²) < 4.78 is 26.7. The van der Waals surface area contributed by atoms with Crippen LogP contribution in [0.2, 0.25) is 5.02 Å². The highest BCUT2D eigenvalue weighted by Crippen LogP contribution is 2.28. The van der Waals surface area contributed by atoms with Gasteiger partial charge in [-0.2, -0.15) is 10.2 Å². The van der Waals surface area contributed by atoms with Gasteiger partial charge in [0.05, 0.1) is 41.8 Å². The molecule has 3 aromatic carbocycles. The molecule has 1 unspecified atom stereocenters. The van der Waals surface area contributed by atoms with Crippen LogP contribution in [0.1, 0.15) is 94.8 Å². The summed E-state index contributed by atoms with van der Waals surface area (Å²) in [6, 6.07) is 17.7. The Morgan fingerprint density at radius 1 is 0.679 bits per heavy atom. The van der Waals surface area contributed by atoms with Gasteiger partial charge < -0.3 is 23.7 Å². The minimum Gasteiger partial charge on any atom is -0.492 e. The van der Waals surface area contributed by atoms with Gasteiger partial charge in [-0.15, -0.1) is 0 Å². The normalized spacial score (nSPS) is 11.5. The molecule has 284 valence electrons. The number of rotatable bonds is 24. The molecule has 0 bridgehead atoms. The second kappa shape index (κ2) is 24.3. The average molecular weight is 749 g/mol. The van der Waals surface area contributed by atoms with E-state index in [4.69, 9.17) is 35.3 Å². The van der Waals surface area contributed by atoms with Crippen molar-refractivity contribution in [2.75, 3.05) is 19.8 Å². The van der Waals surface area contributed by atoms with Crippen molar-refractivity contribution in [1.29, 1.82) is 0 Å². The Balaban J connectivity index is 1.35. The summed E-state index contributed by atoms with van der Waals surface area (Å²) in [6.45, 7) is 8.14. The lowest BCUT2D eigenvalue weighted by atomic mass is 10.1. The second-order valence-electron chi connectivity index (χ2n) is 12.3. The van der Waals surface area contributed by atoms with Gasteiger partial charge in [0, 0.05) is 6.08 Å². The summed E-state index contributed by atoms with van der Waals surface area (Å²) in [5, 5.41) is 8.71. The second-order valence-corrected chi connectivity index (χ2v) is 12.7. The van der Waals surface area contributed by atoms with Gasteiger partial charge >= 0.3 is 23.9 Å². The Kier molecular flexibility index (Phi) is 19.4. The van der Waals surface area contributed by atoms with Crippen molar-refractivity contribution in [2.45, 2.75) is 84.5 Å². The lowest BCUT2D eigenvalue weighted by molar-refractivity contribution is -0.156. The van der Waals surface area contributed by atoms with Gasteiger partial charge in [-0.25, -0.2) is 9.59 Å². The van der Waals surface area contributed by atoms with Gasteiger partial charge in [-0.1, -0.05) is 76.5 Å². The molecule has 0 aliphatic rings. The van der Waals surface area contributed by atoms with Crippen LogP contribution in [0.4, 0.5) is 11.4 Å². The maximum Gasteiger partial charge on any atom is 0.343 e. The van der Waals surface area contributed by atoms with E-state index in [1.807, 2.05) is 0 Å². The van der Waals surface area contributed by atoms with E-state index in [0.717, 1.165) is 70.6 Å². The van der Waals surface area contributed by atoms with Gasteiger partial charge in [-0.05, 0) is 92.9 Å². The largest absolute Gasteiger partial charge is 0.492 e. The lowest BCUT2D eigenvalue weighted by Gasteiger charge is -2.11. The van der Waals surface area contributed by atoms with Crippen LogP contribution in [-0.4, -0.2) is 43.7 Å². The standard InChI is InChI=1S/C41H49ClN2O9/c1-4-6-13-28-51-39(46)30(3)40(47)52-34-21-17-32(18-22-34)43-44-33-19-23-35(24-20-33)53-41(48)31-16-25-37(36(42)29-31)49-26-14-11-9-7-8-10-12-15-27-50-38(45)5-2/h5,16-25,29-30H,2,4,6-15,26-28H2,1,3H3. The molecule has 0 aliphatic carbocycles. The molecule has 53 heavy (non-hydrogen) atoms. The van der Waals surface area contributed by atoms with Crippen molar-refractivity contribution in [3.63, 3.8) is 0 Å². The molecule has 0 N–H and O–H groups in total. The van der Waals surface area contributed by atoms with Crippen LogP contribution in [0.5, 0.6) is 17.2 Å². The molecule has 11 nitrogen and oxygen atoms in total. The predicted molar refractivity (Wildman–Crippen MR) is 202 cm³/mol. The Morgan fingerprint density at radius 2 is 1.21 bits per heavy atom. The first-order chi connectivity index (χ1) is 25.7. The minimum absolute atomic E-state index is 0.267. The number of carbonyl (C=O) groups excluding carboxylic acids is 4. The van der Waals surface area contributed by atoms with Crippen molar-refractivity contribution in [1.82, 2.24) is 0 Å². The van der Waals surface area contributed by atoms with Crippen molar-refractivity contribution in [2.24, 2.45) is 16.1 Å². The van der Waals surface area contributed by atoms with E-state index in [9.17, 15) is 19.2 Å². The van der Waals surface area contributed by atoms with Crippen LogP contribution in [0.15, 0.2) is 89.6 Å². The number of nitrogens with zero attached hydrogens (tertiary/aromatic N) is 2. The fourth-order valence-electron chi connectivity index (χ4n) is 4.82. The van der Waals surface area contributed by atoms with E-state index in [1.165, 1.54) is 19.1 Å². The number of azo groups is 1. The monoisotopic (exact) mass is 748 g/mol. The molecule has 0 aromatic heterocycles. The molecule has 0 radical (unpaired) electrons. The molecule has 0 saturated heterocycles. The fraction of sp³-hybridized carbons (Fsp3) is 0.415. The van der Waals surface area contributed by atoms with E-state index in [1.54, 1.807) is 60.7 Å². The average Bonchev–Trinajstić information content (AvgIpc) is 3.17. The third-order valence-electron chi connectivity index (χ3n) is 7.96. The zero-order chi connectivity index (χ0) is 38.3. The number of benzene rings is 3. The Bertz CT molecular complexity index is 1640. The number of ether oxygens (including phenoxy) is 5. The number of hydrogen-bond acceptors (Lipinski definition) is 11. The SMILES string of the molecule is C=CC(=O)OCCCCCCCCCCOc1ccc(C(=O)Oc2ccc(N=Nc3ccc(OC(=O)C(C)C(=O)OCCCCC)cc3)cc2)cc1Cl. The number of unbranched alkanes of at least 4 members (excludes halogenated alkanes) is 9. The highest BCUT2D eigenvalue weighted by Gasteiger charge is 2.25. The topological polar surface area (TPSA) is 139 Å². The predicted octanol–water partition coefficient (Wildman–Crippen LogP) is 10.5. The van der Waals surface area contributed by atoms with Gasteiger partial charge in [0.25, 0.3) is 0 Å². The van der Waals surface area contributed by atoms with E-state index in [0.29, 0.717) is 41.1 Å². The highest BCUT2D eigenvalue weighted by molar-refractivity contribution is 6.32. The molecule has 1 atom stereocenters. The first-order valence-corrected chi connectivity index (χ1v) is 18.5. The maximum absolute atomic E-state index is 12.8. The van der Waals surface area contributed by atoms with Crippen LogP contribution in [0, 0.1) is 5.92 Å². The van der Waals surface area contributed by atoms with E-state index >= 15 is 0 Å². The molecule has 0 fully saturated rings. The van der Waals surface area contributed by atoms with Crippen molar-refractivity contribution in [3.05, 3.63) is 90.0 Å². The molecule has 0 amide bonds. The third-order valence-corrected chi connectivity index (χ3v) is 8.25. The van der Waals surface area contributed by atoms with Crippen LogP contribution < -0.4 is 14.2 Å². The smallest absolute Gasteiger partial charge is 0.343 e. The fourth-order valence-corrected chi connectivity index (χ4v) is 5.05. The molecule has 0 heterocycles. The van der Waals surface area contributed by atoms with Crippen LogP contribution in [-0.2, 0) is 23.9 Å². The number of esters is 4. The number of carbonyl (C=O) groups is 4. The Morgan fingerprint density at radius 3 is 1.77 bits per heavy atom. The lowest BCUT2D eigenvalue weighted by Crippen LogP contribution is -2.27. The number of hydrogen-bond donors (Lipinski definition) is 0. The molecular formula is C41H49ClN2O9. The van der Waals surface area contributed by atoms with Gasteiger partial charge in [0.2, 0.25) is 0 Å². The zero-order valence-corrected chi connectivity index (χ0v) is 31.3. The molecule has 0 spiro atoms. The maximum atomic E-state index is 12.8. The summed E-state index contributed by atoms with van der Waals surface area (Å²) in [4.78, 5) is 48.2. The molecule has 0 aliphatic heterocycles. The summed E-state index contributed by atoms with van der Waals surface area (Å²) in [7, 11) is 0. The summed E-state index contributed by atoms with van der Waals surface area (Å²) in [5.74, 6) is -2.18. The Hall–Kier alpha value is -5.03. The first kappa shape index (κ1) is 42.4. The van der Waals surface area contributed by atoms with E-state index < -0.39 is 23.8 Å². The van der Waals surface area contributed by atoms with Crippen molar-refractivity contribution >= 4 is 46.9 Å². The summed E-state index contributed by atoms with van der Waals surface area (Å²) >= 11 is 6.39. The summed E-state index contributed by atoms with van der Waals surface area (Å²) in [5.41, 5.74) is 1.33. The highest BCUT2D eigenvalue weighted by atomic mass is 35.5. The molecular weight excluding hydrogens is 700 g/mol. The molecule has 3 aromatic rings. The van der Waals surface area contributed by atoms with Gasteiger partial charge in [-0.3, -0.25) is 9.59 Å².